The van der Waals surface area contributed by atoms with Gasteiger partial charge in [0.1, 0.15) is 11.4 Å². The van der Waals surface area contributed by atoms with Gasteiger partial charge in [0.15, 0.2) is 0 Å². The molecule has 0 saturated heterocycles. The Hall–Kier alpha value is -3.26. The van der Waals surface area contributed by atoms with Gasteiger partial charge in [-0.05, 0) is 36.6 Å². The number of carbonyl (C=O) groups is 2. The summed E-state index contributed by atoms with van der Waals surface area (Å²) in [6.07, 6.45) is 10.2. The Morgan fingerprint density at radius 1 is 1.19 bits per heavy atom. The summed E-state index contributed by atoms with van der Waals surface area (Å²) in [6, 6.07) is 12.2. The molecule has 0 fully saturated rings. The Balaban J connectivity index is 2.10. The number of pyridine rings is 1. The molecule has 1 aliphatic heterocycles. The number of amides is 2. The molecule has 5 nitrogen and oxygen atoms in total. The standard InChI is InChI=1S/C22H21N3O2/c1-4-22(5-2,6-3)24-15-18-16-11-7-8-12-17(16)20(26)25(21(18)27)19-13-9-10-14-23-19/h1,7-15,18H,5-6H2,2-3H3. The van der Waals surface area contributed by atoms with Gasteiger partial charge in [-0.3, -0.25) is 14.6 Å². The topological polar surface area (TPSA) is 62.6 Å². The largest absolute Gasteiger partial charge is 0.277 e. The number of terminal acetylenes is 1. The maximum absolute atomic E-state index is 13.2. The molecule has 0 saturated carbocycles. The number of nitrogens with zero attached hydrogens (tertiary/aromatic N) is 3. The van der Waals surface area contributed by atoms with Gasteiger partial charge in [-0.1, -0.05) is 44.0 Å². The fourth-order valence-electron chi connectivity index (χ4n) is 3.19. The molecule has 1 unspecified atom stereocenters. The highest BCUT2D eigenvalue weighted by molar-refractivity contribution is 6.28. The van der Waals surface area contributed by atoms with Crippen molar-refractivity contribution in [2.75, 3.05) is 4.90 Å². The average Bonchev–Trinajstić information content (AvgIpc) is 2.72. The molecule has 0 radical (unpaired) electrons. The summed E-state index contributed by atoms with van der Waals surface area (Å²) in [5.74, 6) is 1.60. The van der Waals surface area contributed by atoms with Crippen LogP contribution in [0.1, 0.15) is 48.5 Å². The Morgan fingerprint density at radius 2 is 1.89 bits per heavy atom. The normalized spacial score (nSPS) is 17.1. The number of aromatic nitrogens is 1. The van der Waals surface area contributed by atoms with Crippen LogP contribution in [0.3, 0.4) is 0 Å². The van der Waals surface area contributed by atoms with Crippen LogP contribution in [0.5, 0.6) is 0 Å². The fourth-order valence-corrected chi connectivity index (χ4v) is 3.19. The van der Waals surface area contributed by atoms with Crippen molar-refractivity contribution in [1.29, 1.82) is 0 Å². The van der Waals surface area contributed by atoms with Gasteiger partial charge < -0.3 is 0 Å². The summed E-state index contributed by atoms with van der Waals surface area (Å²) in [5, 5.41) is 0. The Labute approximate surface area is 159 Å². The van der Waals surface area contributed by atoms with Gasteiger partial charge >= 0.3 is 0 Å². The minimum absolute atomic E-state index is 0.301. The number of hydrogen-bond acceptors (Lipinski definition) is 4. The smallest absolute Gasteiger partial charge is 0.266 e. The summed E-state index contributed by atoms with van der Waals surface area (Å²) < 4.78 is 0. The maximum atomic E-state index is 13.2. The van der Waals surface area contributed by atoms with Crippen molar-refractivity contribution >= 4 is 23.8 Å². The van der Waals surface area contributed by atoms with E-state index in [2.05, 4.69) is 15.9 Å². The third kappa shape index (κ3) is 3.26. The quantitative estimate of drug-likeness (QED) is 0.465. The molecule has 2 heterocycles. The number of hydrogen-bond donors (Lipinski definition) is 0. The van der Waals surface area contributed by atoms with E-state index in [1.165, 1.54) is 0 Å². The van der Waals surface area contributed by atoms with Crippen LogP contribution in [0.15, 0.2) is 53.7 Å². The minimum Gasteiger partial charge on any atom is -0.277 e. The first kappa shape index (κ1) is 18.5. The number of imide groups is 1. The molecule has 0 aliphatic carbocycles. The van der Waals surface area contributed by atoms with Crippen LogP contribution in [0.2, 0.25) is 0 Å². The first-order valence-electron chi connectivity index (χ1n) is 8.98. The van der Waals surface area contributed by atoms with Crippen LogP contribution >= 0.6 is 0 Å². The summed E-state index contributed by atoms with van der Waals surface area (Å²) >= 11 is 0. The second-order valence-electron chi connectivity index (χ2n) is 6.39. The molecule has 1 aromatic carbocycles. The van der Waals surface area contributed by atoms with E-state index in [-0.39, 0.29) is 11.8 Å². The second kappa shape index (κ2) is 7.55. The molecule has 2 amide bonds. The van der Waals surface area contributed by atoms with Crippen LogP contribution in [0, 0.1) is 12.3 Å². The van der Waals surface area contributed by atoms with Crippen LogP contribution in [0.25, 0.3) is 0 Å². The highest BCUT2D eigenvalue weighted by Crippen LogP contribution is 2.31. The lowest BCUT2D eigenvalue weighted by Gasteiger charge is -2.30. The molecule has 2 aromatic rings. The Bertz CT molecular complexity index is 924. The molecule has 5 heteroatoms. The highest BCUT2D eigenvalue weighted by atomic mass is 16.2. The van der Waals surface area contributed by atoms with E-state index in [1.807, 2.05) is 19.9 Å². The van der Waals surface area contributed by atoms with Gasteiger partial charge in [0.25, 0.3) is 5.91 Å². The molecule has 1 atom stereocenters. The fraction of sp³-hybridized carbons (Fsp3) is 0.273. The Morgan fingerprint density at radius 3 is 2.52 bits per heavy atom. The number of anilines is 1. The first-order valence-corrected chi connectivity index (χ1v) is 8.98. The first-order chi connectivity index (χ1) is 13.1. The van der Waals surface area contributed by atoms with Gasteiger partial charge in [-0.25, -0.2) is 9.88 Å². The molecule has 136 valence electrons. The SMILES string of the molecule is C#CC(CC)(CC)N=CC1C(=O)N(c2ccccn2)C(=O)c2ccccc21. The van der Waals surface area contributed by atoms with E-state index in [0.29, 0.717) is 29.8 Å². The van der Waals surface area contributed by atoms with Gasteiger partial charge in [0.05, 0.1) is 5.92 Å². The lowest BCUT2D eigenvalue weighted by Crippen LogP contribution is -2.46. The molecule has 1 aromatic heterocycles. The van der Waals surface area contributed by atoms with Crippen LogP contribution in [-0.2, 0) is 4.79 Å². The van der Waals surface area contributed by atoms with E-state index >= 15 is 0 Å². The van der Waals surface area contributed by atoms with E-state index in [1.54, 1.807) is 48.8 Å². The zero-order chi connectivity index (χ0) is 19.4. The van der Waals surface area contributed by atoms with Gasteiger partial charge in [0, 0.05) is 18.0 Å². The van der Waals surface area contributed by atoms with E-state index in [9.17, 15) is 9.59 Å². The van der Waals surface area contributed by atoms with Crippen LogP contribution < -0.4 is 4.90 Å². The predicted octanol–water partition coefficient (Wildman–Crippen LogP) is 3.62. The van der Waals surface area contributed by atoms with Crippen molar-refractivity contribution in [2.24, 2.45) is 4.99 Å². The second-order valence-corrected chi connectivity index (χ2v) is 6.39. The van der Waals surface area contributed by atoms with Gasteiger partial charge in [0.2, 0.25) is 5.91 Å². The number of fused-ring (bicyclic) bond motifs is 1. The molecular formula is C22H21N3O2. The summed E-state index contributed by atoms with van der Waals surface area (Å²) in [6.45, 7) is 3.95. The lowest BCUT2D eigenvalue weighted by molar-refractivity contribution is -0.118. The molecular weight excluding hydrogens is 338 g/mol. The Kier molecular flexibility index (Phi) is 5.18. The maximum Gasteiger partial charge on any atom is 0.266 e. The van der Waals surface area contributed by atoms with Crippen molar-refractivity contribution < 1.29 is 9.59 Å². The molecule has 0 spiro atoms. The average molecular weight is 359 g/mol. The monoisotopic (exact) mass is 359 g/mol. The van der Waals surface area contributed by atoms with Crippen LogP contribution in [0.4, 0.5) is 5.82 Å². The zero-order valence-electron chi connectivity index (χ0n) is 15.4. The summed E-state index contributed by atoms with van der Waals surface area (Å²) in [5.41, 5.74) is 0.465. The molecule has 0 N–H and O–H groups in total. The van der Waals surface area contributed by atoms with Crippen molar-refractivity contribution in [2.45, 2.75) is 38.1 Å². The summed E-state index contributed by atoms with van der Waals surface area (Å²) in [4.78, 5) is 36.0. The van der Waals surface area contributed by atoms with Gasteiger partial charge in [-0.15, -0.1) is 6.42 Å². The highest BCUT2D eigenvalue weighted by Gasteiger charge is 2.39. The van der Waals surface area contributed by atoms with Crippen molar-refractivity contribution in [1.82, 2.24) is 4.98 Å². The van der Waals surface area contributed by atoms with Crippen LogP contribution in [-0.4, -0.2) is 28.6 Å². The van der Waals surface area contributed by atoms with E-state index in [4.69, 9.17) is 6.42 Å². The van der Waals surface area contributed by atoms with Crippen molar-refractivity contribution in [3.05, 3.63) is 59.8 Å². The molecule has 27 heavy (non-hydrogen) atoms. The number of aliphatic imine (C=N–C) groups is 1. The summed E-state index contributed by atoms with van der Waals surface area (Å²) in [7, 11) is 0. The van der Waals surface area contributed by atoms with E-state index in [0.717, 1.165) is 4.90 Å². The van der Waals surface area contributed by atoms with Crippen molar-refractivity contribution in [3.63, 3.8) is 0 Å². The predicted molar refractivity (Wildman–Crippen MR) is 106 cm³/mol. The zero-order valence-corrected chi connectivity index (χ0v) is 15.4. The molecule has 1 aliphatic rings. The minimum atomic E-state index is -0.688. The lowest BCUT2D eigenvalue weighted by atomic mass is 9.88. The van der Waals surface area contributed by atoms with Crippen molar-refractivity contribution in [3.8, 4) is 12.3 Å². The number of rotatable bonds is 5. The third-order valence-electron chi connectivity index (χ3n) is 5.00. The molecule has 0 bridgehead atoms. The number of carbonyl (C=O) groups excluding carboxylic acids is 2. The van der Waals surface area contributed by atoms with Gasteiger partial charge in [-0.2, -0.15) is 0 Å². The number of benzene rings is 1. The van der Waals surface area contributed by atoms with E-state index < -0.39 is 11.5 Å². The molecule has 3 rings (SSSR count). The third-order valence-corrected chi connectivity index (χ3v) is 5.00.